The van der Waals surface area contributed by atoms with Gasteiger partial charge < -0.3 is 18.9 Å². The predicted molar refractivity (Wildman–Crippen MR) is 112 cm³/mol. The van der Waals surface area contributed by atoms with Gasteiger partial charge in [-0.1, -0.05) is 35.9 Å². The maximum absolute atomic E-state index is 12.8. The summed E-state index contributed by atoms with van der Waals surface area (Å²) >= 11 is 6.20. The third kappa shape index (κ3) is 3.27. The number of carbonyl (C=O) groups is 1. The van der Waals surface area contributed by atoms with Gasteiger partial charge in [-0.2, -0.15) is 0 Å². The molecule has 0 radical (unpaired) electrons. The van der Waals surface area contributed by atoms with Crippen LogP contribution in [-0.2, 0) is 6.61 Å². The van der Waals surface area contributed by atoms with E-state index in [1.807, 2.05) is 49.4 Å². The molecule has 5 nitrogen and oxygen atoms in total. The van der Waals surface area contributed by atoms with E-state index in [1.165, 1.54) is 0 Å². The second kappa shape index (κ2) is 7.43. The maximum Gasteiger partial charge on any atom is 0.231 e. The van der Waals surface area contributed by atoms with Crippen LogP contribution in [0.15, 0.2) is 60.4 Å². The van der Waals surface area contributed by atoms with Crippen molar-refractivity contribution in [3.8, 4) is 23.0 Å². The van der Waals surface area contributed by atoms with Gasteiger partial charge in [0.1, 0.15) is 18.1 Å². The van der Waals surface area contributed by atoms with Gasteiger partial charge in [-0.3, -0.25) is 4.79 Å². The molecule has 6 heteroatoms. The lowest BCUT2D eigenvalue weighted by Crippen LogP contribution is -1.99. The van der Waals surface area contributed by atoms with Gasteiger partial charge >= 0.3 is 0 Å². The molecule has 0 saturated heterocycles. The van der Waals surface area contributed by atoms with E-state index >= 15 is 0 Å². The van der Waals surface area contributed by atoms with Crippen molar-refractivity contribution in [3.63, 3.8) is 0 Å². The van der Waals surface area contributed by atoms with E-state index < -0.39 is 0 Å². The molecule has 3 aromatic carbocycles. The first-order chi connectivity index (χ1) is 14.6. The highest BCUT2D eigenvalue weighted by Crippen LogP contribution is 2.40. The molecule has 0 atom stereocenters. The van der Waals surface area contributed by atoms with Gasteiger partial charge in [0.05, 0.1) is 5.56 Å². The summed E-state index contributed by atoms with van der Waals surface area (Å²) in [7, 11) is 0. The highest BCUT2D eigenvalue weighted by molar-refractivity contribution is 6.31. The van der Waals surface area contributed by atoms with E-state index in [2.05, 4.69) is 0 Å². The molecule has 0 amide bonds. The van der Waals surface area contributed by atoms with E-state index in [4.69, 9.17) is 30.5 Å². The molecule has 0 bridgehead atoms. The number of hydrogen-bond donors (Lipinski definition) is 0. The summed E-state index contributed by atoms with van der Waals surface area (Å²) in [6.45, 7) is 2.40. The van der Waals surface area contributed by atoms with Gasteiger partial charge in [-0.05, 0) is 48.9 Å². The van der Waals surface area contributed by atoms with Gasteiger partial charge in [-0.15, -0.1) is 0 Å². The molecule has 3 aromatic rings. The average Bonchev–Trinajstić information content (AvgIpc) is 3.34. The number of halogens is 1. The number of ether oxygens (including phenoxy) is 4. The van der Waals surface area contributed by atoms with Crippen LogP contribution in [0.5, 0.6) is 23.0 Å². The standard InChI is InChI=1S/C24H17ClO5/c1-14-19(27-12-16-4-2-3-5-18(16)25)9-7-17-23(26)22(30-24(14)17)11-15-6-8-20-21(10-15)29-13-28-20/h2-11H,12-13H2,1H3/b22-11-. The molecule has 0 aliphatic carbocycles. The van der Waals surface area contributed by atoms with Crippen molar-refractivity contribution in [2.45, 2.75) is 13.5 Å². The van der Waals surface area contributed by atoms with E-state index in [1.54, 1.807) is 18.2 Å². The summed E-state index contributed by atoms with van der Waals surface area (Å²) in [6.07, 6.45) is 1.70. The lowest BCUT2D eigenvalue weighted by molar-refractivity contribution is 0.101. The topological polar surface area (TPSA) is 54.0 Å². The largest absolute Gasteiger partial charge is 0.488 e. The fraction of sp³-hybridized carbons (Fsp3) is 0.125. The summed E-state index contributed by atoms with van der Waals surface area (Å²) in [6, 6.07) is 16.5. The Labute approximate surface area is 178 Å². The second-order valence-corrected chi connectivity index (χ2v) is 7.41. The fourth-order valence-corrected chi connectivity index (χ4v) is 3.64. The molecule has 0 spiro atoms. The Balaban J connectivity index is 1.39. The number of benzene rings is 3. The van der Waals surface area contributed by atoms with Crippen LogP contribution in [-0.4, -0.2) is 12.6 Å². The van der Waals surface area contributed by atoms with Crippen LogP contribution >= 0.6 is 11.6 Å². The van der Waals surface area contributed by atoms with Crippen LogP contribution in [0.2, 0.25) is 5.02 Å². The number of rotatable bonds is 4. The molecule has 0 saturated carbocycles. The zero-order chi connectivity index (χ0) is 20.7. The minimum absolute atomic E-state index is 0.163. The highest BCUT2D eigenvalue weighted by Gasteiger charge is 2.30. The first-order valence-corrected chi connectivity index (χ1v) is 9.81. The Morgan fingerprint density at radius 1 is 1.07 bits per heavy atom. The molecule has 150 valence electrons. The fourth-order valence-electron chi connectivity index (χ4n) is 3.45. The summed E-state index contributed by atoms with van der Waals surface area (Å²) in [4.78, 5) is 12.8. The minimum atomic E-state index is -0.163. The van der Waals surface area contributed by atoms with Gasteiger partial charge in [-0.25, -0.2) is 0 Å². The van der Waals surface area contributed by atoms with Crippen molar-refractivity contribution in [1.29, 1.82) is 0 Å². The van der Waals surface area contributed by atoms with Crippen LogP contribution in [0, 0.1) is 6.92 Å². The molecule has 0 N–H and O–H groups in total. The lowest BCUT2D eigenvalue weighted by atomic mass is 10.1. The maximum atomic E-state index is 12.8. The Morgan fingerprint density at radius 2 is 1.90 bits per heavy atom. The highest BCUT2D eigenvalue weighted by atomic mass is 35.5. The summed E-state index contributed by atoms with van der Waals surface area (Å²) < 4.78 is 22.6. The van der Waals surface area contributed by atoms with Gasteiger partial charge in [0.2, 0.25) is 12.6 Å². The molecule has 2 aliphatic heterocycles. The van der Waals surface area contributed by atoms with E-state index in [0.29, 0.717) is 40.2 Å². The van der Waals surface area contributed by atoms with Crippen LogP contribution in [0.1, 0.15) is 27.0 Å². The van der Waals surface area contributed by atoms with Crippen molar-refractivity contribution in [1.82, 2.24) is 0 Å². The zero-order valence-corrected chi connectivity index (χ0v) is 16.9. The summed E-state index contributed by atoms with van der Waals surface area (Å²) in [5, 5.41) is 0.650. The molecular formula is C24H17ClO5. The minimum Gasteiger partial charge on any atom is -0.488 e. The third-order valence-corrected chi connectivity index (χ3v) is 5.44. The molecule has 2 heterocycles. The quantitative estimate of drug-likeness (QED) is 0.516. The van der Waals surface area contributed by atoms with Crippen molar-refractivity contribution < 1.29 is 23.7 Å². The van der Waals surface area contributed by atoms with E-state index in [0.717, 1.165) is 16.7 Å². The molecule has 30 heavy (non-hydrogen) atoms. The Bertz CT molecular complexity index is 1200. The third-order valence-electron chi connectivity index (χ3n) is 5.07. The zero-order valence-electron chi connectivity index (χ0n) is 16.1. The second-order valence-electron chi connectivity index (χ2n) is 7.00. The summed E-state index contributed by atoms with van der Waals surface area (Å²) in [5.41, 5.74) is 2.97. The number of ketones is 1. The Morgan fingerprint density at radius 3 is 2.77 bits per heavy atom. The van der Waals surface area contributed by atoms with Crippen LogP contribution < -0.4 is 18.9 Å². The predicted octanol–water partition coefficient (Wildman–Crippen LogP) is 5.57. The van der Waals surface area contributed by atoms with E-state index in [9.17, 15) is 4.79 Å². The van der Waals surface area contributed by atoms with Gasteiger partial charge in [0.15, 0.2) is 17.3 Å². The van der Waals surface area contributed by atoms with Crippen LogP contribution in [0.25, 0.3) is 6.08 Å². The monoisotopic (exact) mass is 420 g/mol. The molecule has 0 aromatic heterocycles. The number of carbonyl (C=O) groups excluding carboxylic acids is 1. The normalized spacial score (nSPS) is 15.3. The van der Waals surface area contributed by atoms with Gasteiger partial charge in [0.25, 0.3) is 0 Å². The SMILES string of the molecule is Cc1c(OCc2ccccc2Cl)ccc2c1O/C(=C\c1ccc3c(c1)OCO3)C2=O. The molecule has 2 aliphatic rings. The van der Waals surface area contributed by atoms with Crippen molar-refractivity contribution >= 4 is 23.5 Å². The van der Waals surface area contributed by atoms with Gasteiger partial charge in [0, 0.05) is 16.1 Å². The number of allylic oxidation sites excluding steroid dienone is 1. The number of hydrogen-bond acceptors (Lipinski definition) is 5. The number of Topliss-reactive ketones (excluding diaryl/α,β-unsaturated/α-hetero) is 1. The van der Waals surface area contributed by atoms with Crippen molar-refractivity contribution in [3.05, 3.63) is 87.6 Å². The Kier molecular flexibility index (Phi) is 4.60. The van der Waals surface area contributed by atoms with Crippen molar-refractivity contribution in [2.75, 3.05) is 6.79 Å². The van der Waals surface area contributed by atoms with E-state index in [-0.39, 0.29) is 18.3 Å². The van der Waals surface area contributed by atoms with Crippen molar-refractivity contribution in [2.24, 2.45) is 0 Å². The van der Waals surface area contributed by atoms with Crippen LogP contribution in [0.4, 0.5) is 0 Å². The smallest absolute Gasteiger partial charge is 0.231 e. The molecule has 0 unspecified atom stereocenters. The average molecular weight is 421 g/mol. The molecule has 5 rings (SSSR count). The molecule has 0 fully saturated rings. The first-order valence-electron chi connectivity index (χ1n) is 9.44. The molecular weight excluding hydrogens is 404 g/mol. The first kappa shape index (κ1) is 18.6. The number of fused-ring (bicyclic) bond motifs is 2. The Hall–Kier alpha value is -3.44. The summed E-state index contributed by atoms with van der Waals surface area (Å²) in [5.74, 6) is 2.60. The van der Waals surface area contributed by atoms with Crippen LogP contribution in [0.3, 0.4) is 0 Å². The lowest BCUT2D eigenvalue weighted by Gasteiger charge is -2.12.